The summed E-state index contributed by atoms with van der Waals surface area (Å²) in [6, 6.07) is 7.21. The lowest BCUT2D eigenvalue weighted by molar-refractivity contribution is -0.384. The lowest BCUT2D eigenvalue weighted by Gasteiger charge is -2.33. The zero-order valence-electron chi connectivity index (χ0n) is 12.2. The average molecular weight is 277 g/mol. The van der Waals surface area contributed by atoms with Crippen LogP contribution < -0.4 is 5.32 Å². The molecule has 2 rings (SSSR count). The predicted octanol–water partition coefficient (Wildman–Crippen LogP) is 3.13. The predicted molar refractivity (Wildman–Crippen MR) is 81.0 cm³/mol. The molecule has 1 fully saturated rings. The first-order valence-corrected chi connectivity index (χ1v) is 7.28. The first kappa shape index (κ1) is 14.8. The summed E-state index contributed by atoms with van der Waals surface area (Å²) in [4.78, 5) is 13.1. The summed E-state index contributed by atoms with van der Waals surface area (Å²) >= 11 is 0. The molecule has 5 nitrogen and oxygen atoms in total. The molecule has 20 heavy (non-hydrogen) atoms. The van der Waals surface area contributed by atoms with E-state index in [9.17, 15) is 10.1 Å². The van der Waals surface area contributed by atoms with Crippen LogP contribution in [0.4, 0.5) is 11.4 Å². The summed E-state index contributed by atoms with van der Waals surface area (Å²) in [7, 11) is 0. The molecule has 1 N–H and O–H groups in total. The van der Waals surface area contributed by atoms with Crippen molar-refractivity contribution in [2.45, 2.75) is 32.7 Å². The summed E-state index contributed by atoms with van der Waals surface area (Å²) in [6.07, 6.45) is 2.08. The van der Waals surface area contributed by atoms with Crippen LogP contribution in [0.2, 0.25) is 0 Å². The monoisotopic (exact) mass is 277 g/mol. The fraction of sp³-hybridized carbons (Fsp3) is 0.600. The van der Waals surface area contributed by atoms with E-state index >= 15 is 0 Å². The molecule has 1 aromatic carbocycles. The van der Waals surface area contributed by atoms with Gasteiger partial charge in [-0.2, -0.15) is 0 Å². The van der Waals surface area contributed by atoms with E-state index < -0.39 is 0 Å². The second-order valence-corrected chi connectivity index (χ2v) is 5.89. The van der Waals surface area contributed by atoms with Crippen molar-refractivity contribution in [1.29, 1.82) is 0 Å². The minimum Gasteiger partial charge on any atom is -0.377 e. The number of likely N-dealkylation sites (tertiary alicyclic amines) is 1. The molecule has 1 heterocycles. The molecule has 0 radical (unpaired) electrons. The largest absolute Gasteiger partial charge is 0.377 e. The van der Waals surface area contributed by atoms with Crippen LogP contribution in [0.5, 0.6) is 0 Å². The number of hydrogen-bond donors (Lipinski definition) is 1. The van der Waals surface area contributed by atoms with E-state index in [1.54, 1.807) is 18.2 Å². The number of benzene rings is 1. The summed E-state index contributed by atoms with van der Waals surface area (Å²) in [5, 5.41) is 14.3. The molecule has 0 atom stereocenters. The normalized spacial score (nSPS) is 17.4. The van der Waals surface area contributed by atoms with E-state index in [1.807, 2.05) is 6.07 Å². The Morgan fingerprint density at radius 1 is 1.35 bits per heavy atom. The maximum absolute atomic E-state index is 11.0. The quantitative estimate of drug-likeness (QED) is 0.663. The zero-order chi connectivity index (χ0) is 14.5. The fourth-order valence-corrected chi connectivity index (χ4v) is 2.75. The summed E-state index contributed by atoms with van der Waals surface area (Å²) in [6.45, 7) is 7.74. The molecule has 0 amide bonds. The van der Waals surface area contributed by atoms with Gasteiger partial charge in [-0.15, -0.1) is 0 Å². The van der Waals surface area contributed by atoms with Crippen molar-refractivity contribution < 1.29 is 4.92 Å². The van der Waals surface area contributed by atoms with Crippen LogP contribution in [0.1, 0.15) is 26.7 Å². The highest BCUT2D eigenvalue weighted by Gasteiger charge is 2.21. The lowest BCUT2D eigenvalue weighted by atomic mass is 10.0. The Morgan fingerprint density at radius 3 is 2.60 bits per heavy atom. The number of nitro groups is 1. The molecule has 0 aliphatic carbocycles. The van der Waals surface area contributed by atoms with Crippen molar-refractivity contribution in [3.8, 4) is 0 Å². The Kier molecular flexibility index (Phi) is 4.95. The Bertz CT molecular complexity index is 454. The first-order valence-electron chi connectivity index (χ1n) is 7.28. The van der Waals surface area contributed by atoms with Gasteiger partial charge >= 0.3 is 0 Å². The number of rotatable bonds is 5. The van der Waals surface area contributed by atoms with E-state index in [2.05, 4.69) is 24.1 Å². The maximum Gasteiger partial charge on any atom is 0.292 e. The van der Waals surface area contributed by atoms with Gasteiger partial charge < -0.3 is 10.2 Å². The number of anilines is 1. The molecule has 110 valence electrons. The van der Waals surface area contributed by atoms with Crippen molar-refractivity contribution in [3.63, 3.8) is 0 Å². The molecule has 1 aliphatic heterocycles. The van der Waals surface area contributed by atoms with Gasteiger partial charge in [0.15, 0.2) is 0 Å². The third kappa shape index (κ3) is 3.93. The average Bonchev–Trinajstić information content (AvgIpc) is 2.41. The molecule has 0 saturated carbocycles. The number of nitrogens with zero attached hydrogens (tertiary/aromatic N) is 2. The molecule has 1 aliphatic rings. The number of nitrogens with one attached hydrogen (secondary N) is 1. The summed E-state index contributed by atoms with van der Waals surface area (Å²) < 4.78 is 0. The van der Waals surface area contributed by atoms with Crippen molar-refractivity contribution in [1.82, 2.24) is 4.90 Å². The van der Waals surface area contributed by atoms with Crippen molar-refractivity contribution in [2.75, 3.05) is 25.0 Å². The van der Waals surface area contributed by atoms with E-state index in [1.165, 1.54) is 0 Å². The van der Waals surface area contributed by atoms with Crippen molar-refractivity contribution in [2.24, 2.45) is 5.92 Å². The third-order valence-electron chi connectivity index (χ3n) is 3.67. The SMILES string of the molecule is CC(C)CN1CCC(Nc2ccccc2[N+](=O)[O-])CC1. The van der Waals surface area contributed by atoms with Gasteiger partial charge in [0.25, 0.3) is 5.69 Å². The maximum atomic E-state index is 11.0. The Labute approximate surface area is 120 Å². The number of hydrogen-bond acceptors (Lipinski definition) is 4. The molecule has 5 heteroatoms. The zero-order valence-corrected chi connectivity index (χ0v) is 12.2. The highest BCUT2D eigenvalue weighted by atomic mass is 16.6. The van der Waals surface area contributed by atoms with Crippen LogP contribution in [-0.2, 0) is 0 Å². The van der Waals surface area contributed by atoms with Gasteiger partial charge in [-0.25, -0.2) is 0 Å². The van der Waals surface area contributed by atoms with E-state index in [-0.39, 0.29) is 10.6 Å². The van der Waals surface area contributed by atoms with Crippen LogP contribution in [0, 0.1) is 16.0 Å². The molecular weight excluding hydrogens is 254 g/mol. The van der Waals surface area contributed by atoms with Gasteiger partial charge in [-0.3, -0.25) is 10.1 Å². The van der Waals surface area contributed by atoms with E-state index in [0.29, 0.717) is 17.6 Å². The van der Waals surface area contributed by atoms with E-state index in [0.717, 1.165) is 32.5 Å². The second kappa shape index (κ2) is 6.70. The topological polar surface area (TPSA) is 58.4 Å². The minimum atomic E-state index is -0.323. The smallest absolute Gasteiger partial charge is 0.292 e. The fourth-order valence-electron chi connectivity index (χ4n) is 2.75. The summed E-state index contributed by atoms with van der Waals surface area (Å²) in [5.41, 5.74) is 0.803. The Hall–Kier alpha value is -1.62. The van der Waals surface area contributed by atoms with Gasteiger partial charge in [0, 0.05) is 31.7 Å². The lowest BCUT2D eigenvalue weighted by Crippen LogP contribution is -2.40. The number of para-hydroxylation sites is 2. The standard InChI is InChI=1S/C15H23N3O2/c1-12(2)11-17-9-7-13(8-10-17)16-14-5-3-4-6-15(14)18(19)20/h3-6,12-13,16H,7-11H2,1-2H3. The second-order valence-electron chi connectivity index (χ2n) is 5.89. The van der Waals surface area contributed by atoms with Gasteiger partial charge in [-0.05, 0) is 24.8 Å². The van der Waals surface area contributed by atoms with Crippen LogP contribution in [0.25, 0.3) is 0 Å². The molecule has 0 spiro atoms. The van der Waals surface area contributed by atoms with Gasteiger partial charge in [0.05, 0.1) is 4.92 Å². The molecule has 0 unspecified atom stereocenters. The molecule has 0 aromatic heterocycles. The highest BCUT2D eigenvalue weighted by molar-refractivity contribution is 5.61. The minimum absolute atomic E-state index is 0.164. The number of nitro benzene ring substituents is 1. The molecule has 1 saturated heterocycles. The van der Waals surface area contributed by atoms with Crippen LogP contribution in [0.15, 0.2) is 24.3 Å². The van der Waals surface area contributed by atoms with Gasteiger partial charge in [-0.1, -0.05) is 26.0 Å². The molecule has 1 aromatic rings. The van der Waals surface area contributed by atoms with Gasteiger partial charge in [0.2, 0.25) is 0 Å². The Morgan fingerprint density at radius 2 is 2.00 bits per heavy atom. The van der Waals surface area contributed by atoms with E-state index in [4.69, 9.17) is 0 Å². The summed E-state index contributed by atoms with van der Waals surface area (Å²) in [5.74, 6) is 0.690. The third-order valence-corrected chi connectivity index (χ3v) is 3.67. The molecule has 0 bridgehead atoms. The van der Waals surface area contributed by atoms with Crippen LogP contribution in [-0.4, -0.2) is 35.5 Å². The van der Waals surface area contributed by atoms with Crippen molar-refractivity contribution >= 4 is 11.4 Å². The van der Waals surface area contributed by atoms with Crippen LogP contribution >= 0.6 is 0 Å². The van der Waals surface area contributed by atoms with Crippen LogP contribution in [0.3, 0.4) is 0 Å². The first-order chi connectivity index (χ1) is 9.56. The van der Waals surface area contributed by atoms with Crippen molar-refractivity contribution in [3.05, 3.63) is 34.4 Å². The molecular formula is C15H23N3O2. The number of piperidine rings is 1. The highest BCUT2D eigenvalue weighted by Crippen LogP contribution is 2.26. The Balaban J connectivity index is 1.91. The van der Waals surface area contributed by atoms with Gasteiger partial charge in [0.1, 0.15) is 5.69 Å².